The second-order valence-corrected chi connectivity index (χ2v) is 6.94. The second-order valence-electron chi connectivity index (χ2n) is 6.94. The van der Waals surface area contributed by atoms with Gasteiger partial charge in [0, 0.05) is 6.04 Å². The summed E-state index contributed by atoms with van der Waals surface area (Å²) >= 11 is 0. The van der Waals surface area contributed by atoms with Crippen molar-refractivity contribution in [2.75, 3.05) is 18.5 Å². The quantitative estimate of drug-likeness (QED) is 0.474. The van der Waals surface area contributed by atoms with Gasteiger partial charge in [0.05, 0.1) is 17.7 Å². The third kappa shape index (κ3) is 6.67. The molecule has 2 heterocycles. The van der Waals surface area contributed by atoms with Gasteiger partial charge in [0.15, 0.2) is 0 Å². The number of cyclic esters (lactones) is 1. The number of nitrogens with zero attached hydrogens (tertiary/aromatic N) is 1. The van der Waals surface area contributed by atoms with Gasteiger partial charge in [-0.25, -0.2) is 9.59 Å². The van der Waals surface area contributed by atoms with Crippen LogP contribution < -0.4 is 5.32 Å². The Bertz CT molecular complexity index is 832. The number of carbonyl (C=O) groups is 4. The van der Waals surface area contributed by atoms with E-state index in [-0.39, 0.29) is 18.2 Å². The SMILES string of the molecule is O=C(CC1C(=O)OCC2CCCCN21)Nc1ccccc1C(F)(F)F.O=C(O)C(=O)O. The van der Waals surface area contributed by atoms with Crippen LogP contribution in [0.4, 0.5) is 18.9 Å². The molecule has 0 aromatic heterocycles. The van der Waals surface area contributed by atoms with Crippen molar-refractivity contribution < 1.29 is 47.3 Å². The van der Waals surface area contributed by atoms with E-state index in [0.29, 0.717) is 13.2 Å². The zero-order valence-corrected chi connectivity index (χ0v) is 16.2. The largest absolute Gasteiger partial charge is 0.473 e. The fraction of sp³-hybridized carbons (Fsp3) is 0.474. The van der Waals surface area contributed by atoms with Crippen molar-refractivity contribution in [1.82, 2.24) is 4.90 Å². The number of hydrogen-bond acceptors (Lipinski definition) is 6. The summed E-state index contributed by atoms with van der Waals surface area (Å²) in [6.07, 6.45) is -1.93. The van der Waals surface area contributed by atoms with Gasteiger partial charge in [-0.05, 0) is 31.5 Å². The molecule has 2 atom stereocenters. The summed E-state index contributed by atoms with van der Waals surface area (Å²) in [6, 6.07) is 4.13. The molecule has 0 saturated carbocycles. The molecule has 12 heteroatoms. The number of carbonyl (C=O) groups excluding carboxylic acids is 2. The normalized spacial score (nSPS) is 21.1. The highest BCUT2D eigenvalue weighted by Crippen LogP contribution is 2.35. The van der Waals surface area contributed by atoms with Crippen molar-refractivity contribution in [1.29, 1.82) is 0 Å². The third-order valence-corrected chi connectivity index (χ3v) is 4.83. The Morgan fingerprint density at radius 2 is 1.77 bits per heavy atom. The Labute approximate surface area is 174 Å². The van der Waals surface area contributed by atoms with Crippen molar-refractivity contribution >= 4 is 29.5 Å². The molecule has 0 radical (unpaired) electrons. The molecule has 2 fully saturated rings. The number of aliphatic carboxylic acids is 2. The van der Waals surface area contributed by atoms with E-state index in [4.69, 9.17) is 24.5 Å². The molecule has 0 spiro atoms. The first-order chi connectivity index (χ1) is 14.5. The van der Waals surface area contributed by atoms with Gasteiger partial charge in [-0.15, -0.1) is 0 Å². The minimum Gasteiger partial charge on any atom is -0.473 e. The minimum atomic E-state index is -4.56. The third-order valence-electron chi connectivity index (χ3n) is 4.83. The smallest absolute Gasteiger partial charge is 0.418 e. The fourth-order valence-electron chi connectivity index (χ4n) is 3.44. The monoisotopic (exact) mass is 446 g/mol. The lowest BCUT2D eigenvalue weighted by molar-refractivity contribution is -0.165. The Balaban J connectivity index is 0.000000501. The van der Waals surface area contributed by atoms with E-state index in [2.05, 4.69) is 5.32 Å². The summed E-state index contributed by atoms with van der Waals surface area (Å²) in [7, 11) is 0. The summed E-state index contributed by atoms with van der Waals surface area (Å²) in [4.78, 5) is 44.5. The molecular formula is C19H21F3N2O7. The lowest BCUT2D eigenvalue weighted by Gasteiger charge is -2.43. The molecule has 2 aliphatic rings. The average molecular weight is 446 g/mol. The fourth-order valence-corrected chi connectivity index (χ4v) is 3.44. The van der Waals surface area contributed by atoms with Crippen LogP contribution in [0.2, 0.25) is 0 Å². The molecule has 1 aromatic carbocycles. The first-order valence-corrected chi connectivity index (χ1v) is 9.35. The molecule has 31 heavy (non-hydrogen) atoms. The Hall–Kier alpha value is -3.15. The number of ether oxygens (including phenoxy) is 1. The van der Waals surface area contributed by atoms with E-state index in [9.17, 15) is 22.8 Å². The topological polar surface area (TPSA) is 133 Å². The second kappa shape index (κ2) is 10.2. The highest BCUT2D eigenvalue weighted by atomic mass is 19.4. The van der Waals surface area contributed by atoms with Crippen molar-refractivity contribution in [3.05, 3.63) is 29.8 Å². The Morgan fingerprint density at radius 3 is 2.39 bits per heavy atom. The number of morpholine rings is 1. The summed E-state index contributed by atoms with van der Waals surface area (Å²) in [6.45, 7) is 1.00. The molecule has 3 rings (SSSR count). The van der Waals surface area contributed by atoms with Gasteiger partial charge < -0.3 is 20.3 Å². The molecule has 1 amide bonds. The highest BCUT2D eigenvalue weighted by Gasteiger charge is 2.40. The van der Waals surface area contributed by atoms with Crippen molar-refractivity contribution in [3.63, 3.8) is 0 Å². The van der Waals surface area contributed by atoms with E-state index in [1.54, 1.807) is 0 Å². The van der Waals surface area contributed by atoms with Gasteiger partial charge in [0.25, 0.3) is 0 Å². The molecule has 0 bridgehead atoms. The number of carboxylic acids is 2. The van der Waals surface area contributed by atoms with Crippen LogP contribution in [0, 0.1) is 0 Å². The summed E-state index contributed by atoms with van der Waals surface area (Å²) in [5.74, 6) is -4.77. The summed E-state index contributed by atoms with van der Waals surface area (Å²) in [5, 5.41) is 17.1. The molecular weight excluding hydrogens is 425 g/mol. The van der Waals surface area contributed by atoms with Crippen LogP contribution in [0.15, 0.2) is 24.3 Å². The van der Waals surface area contributed by atoms with Crippen LogP contribution in [0.25, 0.3) is 0 Å². The molecule has 9 nitrogen and oxygen atoms in total. The predicted octanol–water partition coefficient (Wildman–Crippen LogP) is 1.97. The number of halogens is 3. The van der Waals surface area contributed by atoms with Gasteiger partial charge in [0.1, 0.15) is 12.6 Å². The number of para-hydroxylation sites is 1. The van der Waals surface area contributed by atoms with Crippen LogP contribution in [0.1, 0.15) is 31.2 Å². The van der Waals surface area contributed by atoms with Crippen LogP contribution in [0.5, 0.6) is 0 Å². The number of esters is 1. The van der Waals surface area contributed by atoms with E-state index in [0.717, 1.165) is 25.3 Å². The first kappa shape index (κ1) is 24.1. The number of amides is 1. The zero-order valence-electron chi connectivity index (χ0n) is 16.2. The average Bonchev–Trinajstić information content (AvgIpc) is 2.70. The number of piperidine rings is 1. The van der Waals surface area contributed by atoms with E-state index >= 15 is 0 Å². The minimum absolute atomic E-state index is 0.0895. The highest BCUT2D eigenvalue weighted by molar-refractivity contribution is 6.27. The van der Waals surface area contributed by atoms with E-state index in [1.807, 2.05) is 4.90 Å². The van der Waals surface area contributed by atoms with Gasteiger partial charge in [-0.1, -0.05) is 18.6 Å². The van der Waals surface area contributed by atoms with Crippen molar-refractivity contribution in [3.8, 4) is 0 Å². The van der Waals surface area contributed by atoms with E-state index in [1.165, 1.54) is 18.2 Å². The molecule has 2 aliphatic heterocycles. The maximum Gasteiger partial charge on any atom is 0.418 e. The predicted molar refractivity (Wildman–Crippen MR) is 99.1 cm³/mol. The van der Waals surface area contributed by atoms with Crippen LogP contribution >= 0.6 is 0 Å². The Morgan fingerprint density at radius 1 is 1.13 bits per heavy atom. The maximum absolute atomic E-state index is 13.0. The molecule has 0 aliphatic carbocycles. The number of rotatable bonds is 3. The van der Waals surface area contributed by atoms with Gasteiger partial charge >= 0.3 is 24.1 Å². The maximum atomic E-state index is 13.0. The summed E-state index contributed by atoms with van der Waals surface area (Å²) < 4.78 is 44.2. The molecule has 3 N–H and O–H groups in total. The molecule has 1 aromatic rings. The van der Waals surface area contributed by atoms with Crippen LogP contribution in [0.3, 0.4) is 0 Å². The first-order valence-electron chi connectivity index (χ1n) is 9.35. The van der Waals surface area contributed by atoms with Crippen LogP contribution in [-0.2, 0) is 30.1 Å². The number of hydrogen-bond donors (Lipinski definition) is 3. The number of nitrogens with one attached hydrogen (secondary N) is 1. The lowest BCUT2D eigenvalue weighted by atomic mass is 9.97. The number of benzene rings is 1. The van der Waals surface area contributed by atoms with E-state index < -0.39 is 41.6 Å². The van der Waals surface area contributed by atoms with Crippen LogP contribution in [-0.4, -0.2) is 64.2 Å². The van der Waals surface area contributed by atoms with Crippen molar-refractivity contribution in [2.45, 2.75) is 43.9 Å². The van der Waals surface area contributed by atoms with Gasteiger partial charge in [-0.2, -0.15) is 13.2 Å². The molecule has 2 saturated heterocycles. The van der Waals surface area contributed by atoms with Gasteiger partial charge in [-0.3, -0.25) is 14.5 Å². The lowest BCUT2D eigenvalue weighted by Crippen LogP contribution is -2.57. The van der Waals surface area contributed by atoms with Crippen molar-refractivity contribution in [2.24, 2.45) is 0 Å². The number of alkyl halides is 3. The molecule has 2 unspecified atom stereocenters. The van der Waals surface area contributed by atoms with Gasteiger partial charge in [0.2, 0.25) is 5.91 Å². The molecule has 170 valence electrons. The number of anilines is 1. The zero-order chi connectivity index (χ0) is 23.2. The Kier molecular flexibility index (Phi) is 7.97. The summed E-state index contributed by atoms with van der Waals surface area (Å²) in [5.41, 5.74) is -1.22. The standard InChI is InChI=1S/C17H19F3N2O3.C2H2O4/c18-17(19,20)12-6-1-2-7-13(12)21-15(23)9-14-16(24)25-10-11-5-3-4-8-22(11)14;3-1(4)2(5)6/h1-2,6-7,11,14H,3-5,8-10H2,(H,21,23);(H,3,4)(H,5,6). The number of fused-ring (bicyclic) bond motifs is 1. The number of carboxylic acid groups (broad SMARTS) is 2.